The van der Waals surface area contributed by atoms with Crippen molar-refractivity contribution in [1.82, 2.24) is 4.37 Å². The van der Waals surface area contributed by atoms with E-state index in [0.717, 1.165) is 39.6 Å². The predicted octanol–water partition coefficient (Wildman–Crippen LogP) is 6.49. The molecule has 1 atom stereocenters. The average molecular weight is 420 g/mol. The van der Waals surface area contributed by atoms with Gasteiger partial charge in [-0.1, -0.05) is 53.5 Å². The molecule has 1 heterocycles. The molecule has 5 heteroatoms. The van der Waals surface area contributed by atoms with E-state index in [0.29, 0.717) is 0 Å². The van der Waals surface area contributed by atoms with Gasteiger partial charge < -0.3 is 4.74 Å². The zero-order valence-electron chi connectivity index (χ0n) is 15.5. The SMILES string of the molecule is O=c1cc(-c2ccc(O[C@@H]3CCc4c(-c5cccc(Cl)c5)cccc43)cc2)s[nH]1. The Labute approximate surface area is 177 Å². The molecule has 0 spiro atoms. The molecule has 0 radical (unpaired) electrons. The number of benzene rings is 3. The molecule has 0 saturated carbocycles. The third kappa shape index (κ3) is 3.61. The summed E-state index contributed by atoms with van der Waals surface area (Å²) < 4.78 is 9.04. The first kappa shape index (κ1) is 18.2. The summed E-state index contributed by atoms with van der Waals surface area (Å²) in [4.78, 5) is 12.3. The third-order valence-corrected chi connectivity index (χ3v) is 6.40. The van der Waals surface area contributed by atoms with Gasteiger partial charge in [0.25, 0.3) is 5.56 Å². The van der Waals surface area contributed by atoms with Gasteiger partial charge in [0.1, 0.15) is 11.9 Å². The van der Waals surface area contributed by atoms with Crippen LogP contribution < -0.4 is 10.3 Å². The van der Waals surface area contributed by atoms with E-state index in [4.69, 9.17) is 16.3 Å². The van der Waals surface area contributed by atoms with Crippen molar-refractivity contribution in [3.05, 3.63) is 99.3 Å². The number of nitrogens with one attached hydrogen (secondary N) is 1. The van der Waals surface area contributed by atoms with Gasteiger partial charge in [0, 0.05) is 11.1 Å². The number of ether oxygens (including phenoxy) is 1. The molecule has 0 aliphatic heterocycles. The molecule has 0 amide bonds. The van der Waals surface area contributed by atoms with E-state index in [2.05, 4.69) is 28.6 Å². The number of H-pyrrole nitrogens is 1. The van der Waals surface area contributed by atoms with E-state index in [1.54, 1.807) is 6.07 Å². The molecular formula is C24H18ClNO2S. The Bertz CT molecular complexity index is 1230. The lowest BCUT2D eigenvalue weighted by atomic mass is 9.97. The monoisotopic (exact) mass is 419 g/mol. The summed E-state index contributed by atoms with van der Waals surface area (Å²) >= 11 is 7.54. The van der Waals surface area contributed by atoms with Crippen molar-refractivity contribution in [2.45, 2.75) is 18.9 Å². The van der Waals surface area contributed by atoms with Crippen LogP contribution >= 0.6 is 23.1 Å². The Hall–Kier alpha value is -2.82. The Morgan fingerprint density at radius 1 is 0.966 bits per heavy atom. The summed E-state index contributed by atoms with van der Waals surface area (Å²) in [6.45, 7) is 0. The summed E-state index contributed by atoms with van der Waals surface area (Å²) in [5.41, 5.74) is 5.90. The molecule has 0 unspecified atom stereocenters. The van der Waals surface area contributed by atoms with Gasteiger partial charge in [0.15, 0.2) is 0 Å². The van der Waals surface area contributed by atoms with Crippen molar-refractivity contribution in [2.75, 3.05) is 0 Å². The molecule has 1 N–H and O–H groups in total. The van der Waals surface area contributed by atoms with E-state index in [-0.39, 0.29) is 11.7 Å². The van der Waals surface area contributed by atoms with Gasteiger partial charge in [-0.25, -0.2) is 0 Å². The first-order chi connectivity index (χ1) is 14.2. The second kappa shape index (κ2) is 7.54. The summed E-state index contributed by atoms with van der Waals surface area (Å²) in [6, 6.07) is 24.0. The van der Waals surface area contributed by atoms with E-state index in [1.165, 1.54) is 28.2 Å². The van der Waals surface area contributed by atoms with Crippen LogP contribution in [0.3, 0.4) is 0 Å². The zero-order chi connectivity index (χ0) is 19.8. The van der Waals surface area contributed by atoms with Crippen LogP contribution in [0.25, 0.3) is 21.6 Å². The van der Waals surface area contributed by atoms with Crippen LogP contribution in [0.15, 0.2) is 77.6 Å². The second-order valence-electron chi connectivity index (χ2n) is 7.13. The van der Waals surface area contributed by atoms with Crippen molar-refractivity contribution < 1.29 is 4.74 Å². The summed E-state index contributed by atoms with van der Waals surface area (Å²) in [6.07, 6.45) is 1.98. The van der Waals surface area contributed by atoms with E-state index in [1.807, 2.05) is 42.5 Å². The molecule has 0 saturated heterocycles. The maximum atomic E-state index is 11.3. The lowest BCUT2D eigenvalue weighted by molar-refractivity contribution is 0.207. The van der Waals surface area contributed by atoms with E-state index < -0.39 is 0 Å². The van der Waals surface area contributed by atoms with Crippen LogP contribution in [0.1, 0.15) is 23.7 Å². The highest BCUT2D eigenvalue weighted by molar-refractivity contribution is 7.09. The molecule has 3 nitrogen and oxygen atoms in total. The Balaban J connectivity index is 1.40. The summed E-state index contributed by atoms with van der Waals surface area (Å²) in [5.74, 6) is 0.836. The average Bonchev–Trinajstić information content (AvgIpc) is 3.35. The molecule has 0 bridgehead atoms. The van der Waals surface area contributed by atoms with Crippen LogP contribution in [0.2, 0.25) is 5.02 Å². The Morgan fingerprint density at radius 3 is 2.55 bits per heavy atom. The van der Waals surface area contributed by atoms with Crippen molar-refractivity contribution >= 4 is 23.1 Å². The molecule has 3 aromatic carbocycles. The molecule has 1 aromatic heterocycles. The molecular weight excluding hydrogens is 402 g/mol. The summed E-state index contributed by atoms with van der Waals surface area (Å²) in [5, 5.41) is 0.749. The van der Waals surface area contributed by atoms with Crippen LogP contribution in [0, 0.1) is 0 Å². The maximum Gasteiger partial charge on any atom is 0.258 e. The molecule has 0 fully saturated rings. The lowest BCUT2D eigenvalue weighted by Crippen LogP contribution is -2.03. The Kier molecular flexibility index (Phi) is 4.74. The van der Waals surface area contributed by atoms with Gasteiger partial charge >= 0.3 is 0 Å². The number of aromatic nitrogens is 1. The van der Waals surface area contributed by atoms with Crippen LogP contribution in [0.4, 0.5) is 0 Å². The second-order valence-corrected chi connectivity index (χ2v) is 8.41. The predicted molar refractivity (Wildman–Crippen MR) is 119 cm³/mol. The highest BCUT2D eigenvalue weighted by Gasteiger charge is 2.26. The molecule has 4 aromatic rings. The largest absolute Gasteiger partial charge is 0.486 e. The van der Waals surface area contributed by atoms with Crippen molar-refractivity contribution in [1.29, 1.82) is 0 Å². The van der Waals surface area contributed by atoms with Gasteiger partial charge in [-0.15, -0.1) is 0 Å². The fraction of sp³-hybridized carbons (Fsp3) is 0.125. The number of fused-ring (bicyclic) bond motifs is 1. The van der Waals surface area contributed by atoms with Gasteiger partial charge in [-0.05, 0) is 77.1 Å². The number of aromatic amines is 1. The smallest absolute Gasteiger partial charge is 0.258 e. The maximum absolute atomic E-state index is 11.3. The minimum atomic E-state index is -0.0663. The van der Waals surface area contributed by atoms with Crippen molar-refractivity contribution in [3.8, 4) is 27.3 Å². The molecule has 1 aliphatic carbocycles. The molecule has 5 rings (SSSR count). The highest BCUT2D eigenvalue weighted by atomic mass is 35.5. The standard InChI is InChI=1S/C24H18ClNO2S/c25-17-4-1-3-16(13-17)19-5-2-6-21-20(19)11-12-22(21)28-18-9-7-15(8-10-18)23-14-24(27)26-29-23/h1-10,13-14,22H,11-12H2,(H,26,27)/t22-/m1/s1. The number of hydrogen-bond donors (Lipinski definition) is 1. The zero-order valence-corrected chi connectivity index (χ0v) is 17.1. The van der Waals surface area contributed by atoms with E-state index in [9.17, 15) is 4.79 Å². The minimum Gasteiger partial charge on any atom is -0.486 e. The quantitative estimate of drug-likeness (QED) is 0.410. The first-order valence-corrected chi connectivity index (χ1v) is 10.7. The lowest BCUT2D eigenvalue weighted by Gasteiger charge is -2.16. The number of hydrogen-bond acceptors (Lipinski definition) is 3. The molecule has 1 aliphatic rings. The number of halogens is 1. The minimum absolute atomic E-state index is 0.0401. The molecule has 29 heavy (non-hydrogen) atoms. The van der Waals surface area contributed by atoms with Crippen molar-refractivity contribution in [3.63, 3.8) is 0 Å². The normalized spacial score (nSPS) is 15.3. The first-order valence-electron chi connectivity index (χ1n) is 9.51. The van der Waals surface area contributed by atoms with Crippen molar-refractivity contribution in [2.24, 2.45) is 0 Å². The topological polar surface area (TPSA) is 42.1 Å². The highest BCUT2D eigenvalue weighted by Crippen LogP contribution is 2.40. The van der Waals surface area contributed by atoms with Gasteiger partial charge in [0.2, 0.25) is 0 Å². The fourth-order valence-corrected chi connectivity index (χ4v) is 4.83. The van der Waals surface area contributed by atoms with Crippen LogP contribution in [-0.2, 0) is 6.42 Å². The van der Waals surface area contributed by atoms with Gasteiger partial charge in [0.05, 0.1) is 4.88 Å². The van der Waals surface area contributed by atoms with Crippen LogP contribution in [-0.4, -0.2) is 4.37 Å². The van der Waals surface area contributed by atoms with E-state index >= 15 is 0 Å². The van der Waals surface area contributed by atoms with Gasteiger partial charge in [-0.3, -0.25) is 9.17 Å². The summed E-state index contributed by atoms with van der Waals surface area (Å²) in [7, 11) is 0. The van der Waals surface area contributed by atoms with Gasteiger partial charge in [-0.2, -0.15) is 0 Å². The number of rotatable bonds is 4. The third-order valence-electron chi connectivity index (χ3n) is 5.29. The fourth-order valence-electron chi connectivity index (χ4n) is 3.95. The Morgan fingerprint density at radius 2 is 1.79 bits per heavy atom. The molecule has 144 valence electrons. The van der Waals surface area contributed by atoms with Crippen LogP contribution in [0.5, 0.6) is 5.75 Å².